The number of nitrogens with zero attached hydrogens (tertiary/aromatic N) is 3. The first-order valence-electron chi connectivity index (χ1n) is 6.03. The Labute approximate surface area is 118 Å². The van der Waals surface area contributed by atoms with Crippen LogP contribution in [0.3, 0.4) is 0 Å². The van der Waals surface area contributed by atoms with Crippen LogP contribution in [0.15, 0.2) is 34.7 Å². The topological polar surface area (TPSA) is 59.2 Å². The first kappa shape index (κ1) is 12.3. The van der Waals surface area contributed by atoms with E-state index in [1.165, 1.54) is 4.90 Å². The molecule has 5 nitrogen and oxygen atoms in total. The number of alkyl halides is 1. The fourth-order valence-corrected chi connectivity index (χ4v) is 2.61. The zero-order chi connectivity index (χ0) is 13.2. The van der Waals surface area contributed by atoms with Crippen molar-refractivity contribution in [2.45, 2.75) is 17.7 Å². The van der Waals surface area contributed by atoms with Gasteiger partial charge in [-0.1, -0.05) is 51.4 Å². The number of carbonyl (C=O) groups excluding carboxylic acids is 1. The van der Waals surface area contributed by atoms with Crippen molar-refractivity contribution < 1.29 is 9.21 Å². The quantitative estimate of drug-likeness (QED) is 0.813. The first-order chi connectivity index (χ1) is 9.22. The lowest BCUT2D eigenvalue weighted by Crippen LogP contribution is -2.24. The molecule has 0 radical (unpaired) electrons. The minimum Gasteiger partial charge on any atom is -0.407 e. The van der Waals surface area contributed by atoms with Crippen LogP contribution >= 0.6 is 15.9 Å². The van der Waals surface area contributed by atoms with Crippen LogP contribution in [0.5, 0.6) is 0 Å². The maximum atomic E-state index is 11.7. The number of hydrogen-bond acceptors (Lipinski definition) is 4. The summed E-state index contributed by atoms with van der Waals surface area (Å²) in [5.41, 5.74) is 1.10. The van der Waals surface area contributed by atoms with Crippen LogP contribution in [0.25, 0.3) is 0 Å². The molecule has 1 fully saturated rings. The highest BCUT2D eigenvalue weighted by Crippen LogP contribution is 2.24. The number of halogens is 1. The van der Waals surface area contributed by atoms with Gasteiger partial charge in [0.05, 0.1) is 6.42 Å². The summed E-state index contributed by atoms with van der Waals surface area (Å²) in [6, 6.07) is 10.2. The summed E-state index contributed by atoms with van der Waals surface area (Å²) in [5, 5.41) is 7.94. The van der Waals surface area contributed by atoms with Crippen molar-refractivity contribution >= 4 is 27.9 Å². The van der Waals surface area contributed by atoms with Crippen molar-refractivity contribution in [3.63, 3.8) is 0 Å². The van der Waals surface area contributed by atoms with Gasteiger partial charge in [-0.25, -0.2) is 0 Å². The third-order valence-electron chi connectivity index (χ3n) is 2.96. The number of anilines is 1. The third-order valence-corrected chi connectivity index (χ3v) is 3.58. The smallest absolute Gasteiger partial charge is 0.325 e. The molecule has 1 aromatic carbocycles. The number of benzene rings is 1. The van der Waals surface area contributed by atoms with Gasteiger partial charge in [0.25, 0.3) is 0 Å². The van der Waals surface area contributed by atoms with Crippen molar-refractivity contribution in [1.82, 2.24) is 10.2 Å². The van der Waals surface area contributed by atoms with Crippen LogP contribution in [-0.2, 0) is 11.2 Å². The molecule has 1 aliphatic rings. The van der Waals surface area contributed by atoms with Gasteiger partial charge in [0.15, 0.2) is 0 Å². The monoisotopic (exact) mass is 321 g/mol. The zero-order valence-corrected chi connectivity index (χ0v) is 11.7. The van der Waals surface area contributed by atoms with Crippen molar-refractivity contribution in [3.8, 4) is 0 Å². The Morgan fingerprint density at radius 3 is 2.79 bits per heavy atom. The van der Waals surface area contributed by atoms with Gasteiger partial charge in [0.1, 0.15) is 0 Å². The van der Waals surface area contributed by atoms with Crippen LogP contribution in [0.4, 0.5) is 6.01 Å². The second-order valence-corrected chi connectivity index (χ2v) is 5.74. The van der Waals surface area contributed by atoms with Crippen molar-refractivity contribution in [2.75, 3.05) is 11.4 Å². The Hall–Kier alpha value is -1.69. The number of aromatic nitrogens is 2. The Morgan fingerprint density at radius 2 is 2.11 bits per heavy atom. The van der Waals surface area contributed by atoms with E-state index >= 15 is 0 Å². The highest BCUT2D eigenvalue weighted by Gasteiger charge is 2.32. The van der Waals surface area contributed by atoms with E-state index < -0.39 is 0 Å². The molecule has 19 heavy (non-hydrogen) atoms. The van der Waals surface area contributed by atoms with Gasteiger partial charge in [-0.3, -0.25) is 9.69 Å². The summed E-state index contributed by atoms with van der Waals surface area (Å²) in [6.07, 6.45) is 1.05. The summed E-state index contributed by atoms with van der Waals surface area (Å²) in [7, 11) is 0. The van der Waals surface area contributed by atoms with E-state index in [1.807, 2.05) is 30.3 Å². The molecule has 1 amide bonds. The van der Waals surface area contributed by atoms with Gasteiger partial charge in [0, 0.05) is 17.8 Å². The molecule has 0 bridgehead atoms. The van der Waals surface area contributed by atoms with Gasteiger partial charge in [-0.05, 0) is 5.56 Å². The fourth-order valence-electron chi connectivity index (χ4n) is 2.04. The average molecular weight is 322 g/mol. The van der Waals surface area contributed by atoms with Crippen LogP contribution in [0.1, 0.15) is 17.9 Å². The lowest BCUT2D eigenvalue weighted by Gasteiger charge is -2.08. The molecule has 0 N–H and O–H groups in total. The van der Waals surface area contributed by atoms with E-state index in [2.05, 4.69) is 26.1 Å². The van der Waals surface area contributed by atoms with Crippen molar-refractivity contribution in [2.24, 2.45) is 0 Å². The van der Waals surface area contributed by atoms with Crippen LogP contribution in [-0.4, -0.2) is 27.5 Å². The molecule has 0 aliphatic carbocycles. The molecule has 0 saturated carbocycles. The van der Waals surface area contributed by atoms with E-state index in [9.17, 15) is 4.79 Å². The van der Waals surface area contributed by atoms with E-state index in [0.717, 1.165) is 5.56 Å². The summed E-state index contributed by atoms with van der Waals surface area (Å²) >= 11 is 3.42. The van der Waals surface area contributed by atoms with E-state index in [0.29, 0.717) is 25.3 Å². The number of rotatable bonds is 3. The third kappa shape index (κ3) is 2.68. The number of amides is 1. The Bertz CT molecular complexity index is 585. The van der Waals surface area contributed by atoms with Crippen LogP contribution < -0.4 is 4.90 Å². The second kappa shape index (κ2) is 5.13. The summed E-state index contributed by atoms with van der Waals surface area (Å²) in [5.74, 6) is 0.531. The molecule has 1 aromatic heterocycles. The summed E-state index contributed by atoms with van der Waals surface area (Å²) in [4.78, 5) is 13.4. The minimum atomic E-state index is 0.0109. The maximum absolute atomic E-state index is 11.7. The van der Waals surface area contributed by atoms with Crippen molar-refractivity contribution in [1.29, 1.82) is 0 Å². The van der Waals surface area contributed by atoms with Gasteiger partial charge in [-0.2, -0.15) is 0 Å². The molecular weight excluding hydrogens is 310 g/mol. The normalized spacial score (nSPS) is 19.1. The molecule has 6 heteroatoms. The number of carbonyl (C=O) groups is 1. The molecule has 1 aliphatic heterocycles. The van der Waals surface area contributed by atoms with Crippen LogP contribution in [0.2, 0.25) is 0 Å². The standard InChI is InChI=1S/C13H12BrN3O2/c14-10-7-12(18)17(8-10)13-16-15-11(19-13)6-9-4-2-1-3-5-9/h1-5,10H,6-8H2. The van der Waals surface area contributed by atoms with E-state index in [4.69, 9.17) is 4.42 Å². The highest BCUT2D eigenvalue weighted by atomic mass is 79.9. The molecular formula is C13H12BrN3O2. The summed E-state index contributed by atoms with van der Waals surface area (Å²) < 4.78 is 5.55. The zero-order valence-electron chi connectivity index (χ0n) is 10.1. The molecule has 1 atom stereocenters. The molecule has 3 rings (SSSR count). The molecule has 2 aromatic rings. The Balaban J connectivity index is 1.75. The minimum absolute atomic E-state index is 0.0109. The predicted molar refractivity (Wildman–Crippen MR) is 73.2 cm³/mol. The average Bonchev–Trinajstić information content (AvgIpc) is 2.97. The second-order valence-electron chi connectivity index (χ2n) is 4.45. The van der Waals surface area contributed by atoms with Gasteiger partial charge < -0.3 is 4.42 Å². The lowest BCUT2D eigenvalue weighted by molar-refractivity contribution is -0.117. The lowest BCUT2D eigenvalue weighted by atomic mass is 10.2. The largest absolute Gasteiger partial charge is 0.407 e. The molecule has 1 saturated heterocycles. The molecule has 1 unspecified atom stereocenters. The highest BCUT2D eigenvalue weighted by molar-refractivity contribution is 9.09. The fraction of sp³-hybridized carbons (Fsp3) is 0.308. The predicted octanol–water partition coefficient (Wildman–Crippen LogP) is 2.16. The van der Waals surface area contributed by atoms with Crippen LogP contribution in [0, 0.1) is 0 Å². The summed E-state index contributed by atoms with van der Waals surface area (Å²) in [6.45, 7) is 0.575. The molecule has 98 valence electrons. The maximum Gasteiger partial charge on any atom is 0.325 e. The first-order valence-corrected chi connectivity index (χ1v) is 6.94. The van der Waals surface area contributed by atoms with Gasteiger partial charge >= 0.3 is 6.01 Å². The van der Waals surface area contributed by atoms with Gasteiger partial charge in [0.2, 0.25) is 11.8 Å². The van der Waals surface area contributed by atoms with Gasteiger partial charge in [-0.15, -0.1) is 5.10 Å². The Kier molecular flexibility index (Phi) is 3.33. The molecule has 0 spiro atoms. The number of hydrogen-bond donors (Lipinski definition) is 0. The van der Waals surface area contributed by atoms with E-state index in [-0.39, 0.29) is 16.7 Å². The SMILES string of the molecule is O=C1CC(Br)CN1c1nnc(Cc2ccccc2)o1. The molecule has 2 heterocycles. The van der Waals surface area contributed by atoms with Crippen molar-refractivity contribution in [3.05, 3.63) is 41.8 Å². The van der Waals surface area contributed by atoms with E-state index in [1.54, 1.807) is 0 Å². The Morgan fingerprint density at radius 1 is 1.32 bits per heavy atom.